The van der Waals surface area contributed by atoms with E-state index in [1.54, 1.807) is 29.7 Å². The van der Waals surface area contributed by atoms with Gasteiger partial charge in [0, 0.05) is 21.7 Å². The molecule has 116 valence electrons. The van der Waals surface area contributed by atoms with Crippen LogP contribution in [-0.2, 0) is 13.1 Å². The number of nitrogens with one attached hydrogen (secondary N) is 2. The van der Waals surface area contributed by atoms with Gasteiger partial charge < -0.3 is 10.6 Å². The highest BCUT2D eigenvalue weighted by Gasteiger charge is 2.05. The topological polar surface area (TPSA) is 49.3 Å². The van der Waals surface area contributed by atoms with Crippen molar-refractivity contribution in [3.63, 3.8) is 0 Å². The maximum Gasteiger partial charge on any atom is 0.191 e. The predicted octanol–water partition coefficient (Wildman–Crippen LogP) is 3.61. The highest BCUT2D eigenvalue weighted by Crippen LogP contribution is 2.16. The largest absolute Gasteiger partial charge is 0.352 e. The summed E-state index contributed by atoms with van der Waals surface area (Å²) in [5.41, 5.74) is 1.11. The molecular weight excluding hydrogens is 415 g/mol. The molecule has 2 aromatic heterocycles. The molecule has 7 heteroatoms. The second-order valence-corrected chi connectivity index (χ2v) is 7.20. The second kappa shape index (κ2) is 8.70. The van der Waals surface area contributed by atoms with Gasteiger partial charge in [0.25, 0.3) is 0 Å². The molecule has 2 N–H and O–H groups in total. The average Bonchev–Trinajstić information content (AvgIpc) is 2.97. The number of aryl methyl sites for hydroxylation is 3. The number of hydrogen-bond acceptors (Lipinski definition) is 4. The molecular formula is C14H21IN4S2. The van der Waals surface area contributed by atoms with E-state index in [4.69, 9.17) is 0 Å². The zero-order valence-corrected chi connectivity index (χ0v) is 16.7. The van der Waals surface area contributed by atoms with Gasteiger partial charge in [-0.15, -0.1) is 46.7 Å². The molecule has 0 saturated heterocycles. The third kappa shape index (κ3) is 5.55. The molecule has 0 aliphatic heterocycles. The number of nitrogens with zero attached hydrogens (tertiary/aromatic N) is 2. The van der Waals surface area contributed by atoms with Crippen molar-refractivity contribution in [3.8, 4) is 0 Å². The number of rotatable bonds is 4. The number of hydrogen-bond donors (Lipinski definition) is 2. The van der Waals surface area contributed by atoms with Crippen LogP contribution in [0.1, 0.15) is 25.3 Å². The standard InChI is InChI=1S/C14H20N4S2.HI/c1-9-5-6-12(19-9)7-16-14(15-4)17-8-13-18-10(2)11(3)20-13;/h5-6H,7-8H2,1-4H3,(H2,15,16,17);1H. The summed E-state index contributed by atoms with van der Waals surface area (Å²) >= 11 is 3.53. The van der Waals surface area contributed by atoms with Gasteiger partial charge in [0.1, 0.15) is 5.01 Å². The Kier molecular flexibility index (Phi) is 7.61. The van der Waals surface area contributed by atoms with Crippen molar-refractivity contribution in [3.05, 3.63) is 37.5 Å². The van der Waals surface area contributed by atoms with Crippen LogP contribution in [0.3, 0.4) is 0 Å². The van der Waals surface area contributed by atoms with E-state index in [-0.39, 0.29) is 24.0 Å². The van der Waals surface area contributed by atoms with E-state index in [9.17, 15) is 0 Å². The summed E-state index contributed by atoms with van der Waals surface area (Å²) in [6.45, 7) is 7.77. The summed E-state index contributed by atoms with van der Waals surface area (Å²) in [5, 5.41) is 7.70. The van der Waals surface area contributed by atoms with Crippen LogP contribution in [0, 0.1) is 20.8 Å². The van der Waals surface area contributed by atoms with E-state index in [0.717, 1.165) is 23.2 Å². The lowest BCUT2D eigenvalue weighted by atomic mass is 10.4. The third-order valence-corrected chi connectivity index (χ3v) is 5.00. The van der Waals surface area contributed by atoms with Gasteiger partial charge in [-0.25, -0.2) is 4.98 Å². The van der Waals surface area contributed by atoms with E-state index in [1.165, 1.54) is 14.6 Å². The van der Waals surface area contributed by atoms with Crippen molar-refractivity contribution in [1.82, 2.24) is 15.6 Å². The summed E-state index contributed by atoms with van der Waals surface area (Å²) in [7, 11) is 1.79. The monoisotopic (exact) mass is 436 g/mol. The number of aliphatic imine (C=N–C) groups is 1. The number of thiophene rings is 1. The van der Waals surface area contributed by atoms with Gasteiger partial charge in [-0.2, -0.15) is 0 Å². The summed E-state index contributed by atoms with van der Waals surface area (Å²) in [6, 6.07) is 4.28. The molecule has 0 radical (unpaired) electrons. The number of guanidine groups is 1. The minimum absolute atomic E-state index is 0. The van der Waals surface area contributed by atoms with Gasteiger partial charge in [0.15, 0.2) is 5.96 Å². The molecule has 0 aliphatic carbocycles. The molecule has 0 spiro atoms. The molecule has 2 heterocycles. The van der Waals surface area contributed by atoms with Crippen molar-refractivity contribution in [1.29, 1.82) is 0 Å². The summed E-state index contributed by atoms with van der Waals surface area (Å²) in [6.07, 6.45) is 0. The normalized spacial score (nSPS) is 11.1. The van der Waals surface area contributed by atoms with E-state index in [0.29, 0.717) is 6.54 Å². The van der Waals surface area contributed by atoms with Crippen LogP contribution in [0.25, 0.3) is 0 Å². The number of halogens is 1. The van der Waals surface area contributed by atoms with Crippen LogP contribution in [0.5, 0.6) is 0 Å². The zero-order chi connectivity index (χ0) is 14.5. The van der Waals surface area contributed by atoms with Gasteiger partial charge in [0.05, 0.1) is 18.8 Å². The van der Waals surface area contributed by atoms with Crippen LogP contribution in [-0.4, -0.2) is 18.0 Å². The lowest BCUT2D eigenvalue weighted by molar-refractivity contribution is 0.809. The minimum Gasteiger partial charge on any atom is -0.352 e. The van der Waals surface area contributed by atoms with Gasteiger partial charge in [-0.3, -0.25) is 4.99 Å². The Bertz CT molecular complexity index is 584. The summed E-state index contributed by atoms with van der Waals surface area (Å²) < 4.78 is 0. The first kappa shape index (κ1) is 18.4. The van der Waals surface area contributed by atoms with Crippen molar-refractivity contribution < 1.29 is 0 Å². The van der Waals surface area contributed by atoms with E-state index < -0.39 is 0 Å². The van der Waals surface area contributed by atoms with Crippen LogP contribution in [0.2, 0.25) is 0 Å². The predicted molar refractivity (Wildman–Crippen MR) is 103 cm³/mol. The van der Waals surface area contributed by atoms with Crippen LogP contribution >= 0.6 is 46.7 Å². The minimum atomic E-state index is 0. The maximum absolute atomic E-state index is 4.51. The van der Waals surface area contributed by atoms with Crippen LogP contribution in [0.15, 0.2) is 17.1 Å². The number of thiazole rings is 1. The van der Waals surface area contributed by atoms with E-state index in [2.05, 4.69) is 46.6 Å². The molecule has 0 saturated carbocycles. The lowest BCUT2D eigenvalue weighted by Gasteiger charge is -2.09. The second-order valence-electron chi connectivity index (χ2n) is 4.54. The molecule has 21 heavy (non-hydrogen) atoms. The molecule has 0 amide bonds. The fourth-order valence-corrected chi connectivity index (χ4v) is 3.45. The SMILES string of the molecule is CN=C(NCc1ccc(C)s1)NCc1nc(C)c(C)s1.I. The highest BCUT2D eigenvalue weighted by molar-refractivity contribution is 14.0. The summed E-state index contributed by atoms with van der Waals surface area (Å²) in [4.78, 5) is 12.7. The first-order valence-corrected chi connectivity index (χ1v) is 8.14. The van der Waals surface area contributed by atoms with Gasteiger partial charge in [0.2, 0.25) is 0 Å². The molecule has 0 unspecified atom stereocenters. The van der Waals surface area contributed by atoms with Crippen molar-refractivity contribution in [2.75, 3.05) is 7.05 Å². The molecule has 0 bridgehead atoms. The Morgan fingerprint density at radius 2 is 1.86 bits per heavy atom. The Morgan fingerprint density at radius 1 is 1.14 bits per heavy atom. The van der Waals surface area contributed by atoms with Crippen LogP contribution in [0.4, 0.5) is 0 Å². The molecule has 0 atom stereocenters. The molecule has 0 fully saturated rings. The highest BCUT2D eigenvalue weighted by atomic mass is 127. The Balaban J connectivity index is 0.00000220. The zero-order valence-electron chi connectivity index (χ0n) is 12.7. The van der Waals surface area contributed by atoms with Crippen molar-refractivity contribution >= 4 is 52.6 Å². The number of aromatic nitrogens is 1. The first-order chi connectivity index (χ1) is 9.58. The smallest absolute Gasteiger partial charge is 0.191 e. The Morgan fingerprint density at radius 3 is 2.38 bits per heavy atom. The Hall–Kier alpha value is -0.670. The molecule has 2 rings (SSSR count). The Labute approximate surface area is 151 Å². The molecule has 0 aliphatic rings. The third-order valence-electron chi connectivity index (χ3n) is 2.93. The summed E-state index contributed by atoms with van der Waals surface area (Å²) in [5.74, 6) is 0.807. The fourth-order valence-electron chi connectivity index (χ4n) is 1.75. The molecule has 2 aromatic rings. The molecule has 0 aromatic carbocycles. The first-order valence-electron chi connectivity index (χ1n) is 6.51. The fraction of sp³-hybridized carbons (Fsp3) is 0.429. The van der Waals surface area contributed by atoms with E-state index in [1.807, 2.05) is 6.92 Å². The molecule has 4 nitrogen and oxygen atoms in total. The van der Waals surface area contributed by atoms with Crippen molar-refractivity contribution in [2.24, 2.45) is 4.99 Å². The van der Waals surface area contributed by atoms with Crippen molar-refractivity contribution in [2.45, 2.75) is 33.9 Å². The van der Waals surface area contributed by atoms with Gasteiger partial charge in [-0.1, -0.05) is 0 Å². The van der Waals surface area contributed by atoms with Gasteiger partial charge in [-0.05, 0) is 32.9 Å². The average molecular weight is 436 g/mol. The van der Waals surface area contributed by atoms with E-state index >= 15 is 0 Å². The van der Waals surface area contributed by atoms with Crippen LogP contribution < -0.4 is 10.6 Å². The van der Waals surface area contributed by atoms with Gasteiger partial charge >= 0.3 is 0 Å². The quantitative estimate of drug-likeness (QED) is 0.438. The lowest BCUT2D eigenvalue weighted by Crippen LogP contribution is -2.36. The maximum atomic E-state index is 4.51.